The minimum absolute atomic E-state index is 0.444. The summed E-state index contributed by atoms with van der Waals surface area (Å²) in [7, 11) is 0. The van der Waals surface area contributed by atoms with Gasteiger partial charge in [-0.25, -0.2) is 0 Å². The smallest absolute Gasteiger partial charge is 0.0331 e. The van der Waals surface area contributed by atoms with E-state index in [0.717, 1.165) is 6.54 Å². The van der Waals surface area contributed by atoms with E-state index in [-0.39, 0.29) is 0 Å². The molecule has 2 rings (SSSR count). The van der Waals surface area contributed by atoms with Crippen LogP contribution in [0.2, 0.25) is 0 Å². The zero-order chi connectivity index (χ0) is 11.6. The van der Waals surface area contributed by atoms with Crippen molar-refractivity contribution in [1.82, 2.24) is 5.32 Å². The number of hydrogen-bond acceptors (Lipinski definition) is 2. The van der Waals surface area contributed by atoms with Gasteiger partial charge in [0.15, 0.2) is 0 Å². The average Bonchev–Trinajstić information content (AvgIpc) is 2.64. The van der Waals surface area contributed by atoms with E-state index in [4.69, 9.17) is 0 Å². The molecule has 0 amide bonds. The first-order valence-electron chi connectivity index (χ1n) is 6.36. The maximum Gasteiger partial charge on any atom is 0.0331 e. The van der Waals surface area contributed by atoms with Crippen molar-refractivity contribution in [1.29, 1.82) is 0 Å². The van der Waals surface area contributed by atoms with Crippen LogP contribution in [0.4, 0.5) is 0 Å². The molecule has 1 heterocycles. The molecule has 1 N–H and O–H groups in total. The topological polar surface area (TPSA) is 12.0 Å². The lowest BCUT2D eigenvalue weighted by atomic mass is 9.91. The highest BCUT2D eigenvalue weighted by Gasteiger charge is 2.21. The van der Waals surface area contributed by atoms with Gasteiger partial charge in [0.2, 0.25) is 0 Å². The van der Waals surface area contributed by atoms with Crippen LogP contribution in [0.3, 0.4) is 0 Å². The van der Waals surface area contributed by atoms with E-state index in [1.165, 1.54) is 25.7 Å². The third-order valence-corrected chi connectivity index (χ3v) is 4.31. The van der Waals surface area contributed by atoms with E-state index >= 15 is 0 Å². The highest BCUT2D eigenvalue weighted by atomic mass is 32.1. The van der Waals surface area contributed by atoms with Crippen LogP contribution in [0.15, 0.2) is 11.4 Å². The lowest BCUT2D eigenvalue weighted by molar-refractivity contribution is 0.346. The Bertz CT molecular complexity index is 335. The second-order valence-electron chi connectivity index (χ2n) is 6.01. The zero-order valence-electron chi connectivity index (χ0n) is 10.7. The Morgan fingerprint density at radius 2 is 2.25 bits per heavy atom. The summed E-state index contributed by atoms with van der Waals surface area (Å²) in [5, 5.41) is 5.97. The molecule has 0 saturated carbocycles. The fourth-order valence-electron chi connectivity index (χ4n) is 2.32. The molecule has 0 saturated heterocycles. The Hall–Kier alpha value is -0.340. The van der Waals surface area contributed by atoms with Crippen molar-refractivity contribution in [2.45, 2.75) is 52.5 Å². The van der Waals surface area contributed by atoms with Gasteiger partial charge in [-0.2, -0.15) is 0 Å². The molecule has 0 bridgehead atoms. The van der Waals surface area contributed by atoms with Gasteiger partial charge in [0.1, 0.15) is 0 Å². The van der Waals surface area contributed by atoms with Gasteiger partial charge in [0, 0.05) is 10.9 Å². The van der Waals surface area contributed by atoms with Crippen LogP contribution in [0.25, 0.3) is 0 Å². The third-order valence-electron chi connectivity index (χ3n) is 3.32. The molecule has 16 heavy (non-hydrogen) atoms. The van der Waals surface area contributed by atoms with Crippen LogP contribution >= 0.6 is 11.3 Å². The van der Waals surface area contributed by atoms with Gasteiger partial charge in [0.25, 0.3) is 0 Å². The normalized spacial score (nSPS) is 20.8. The van der Waals surface area contributed by atoms with E-state index in [1.807, 2.05) is 11.3 Å². The molecule has 1 aliphatic carbocycles. The first kappa shape index (κ1) is 12.1. The summed E-state index contributed by atoms with van der Waals surface area (Å²) in [6.45, 7) is 8.08. The maximum absolute atomic E-state index is 3.73. The van der Waals surface area contributed by atoms with Crippen LogP contribution < -0.4 is 5.32 Å². The van der Waals surface area contributed by atoms with Gasteiger partial charge in [0.05, 0.1) is 0 Å². The Balaban J connectivity index is 1.88. The van der Waals surface area contributed by atoms with E-state index in [1.54, 1.807) is 10.4 Å². The highest BCUT2D eigenvalue weighted by Crippen LogP contribution is 2.33. The average molecular weight is 237 g/mol. The van der Waals surface area contributed by atoms with Crippen molar-refractivity contribution in [3.05, 3.63) is 21.9 Å². The standard InChI is InChI=1S/C14H23NS/c1-14(2,3)8-9-15-12-5-4-6-13-11(12)7-10-16-13/h7,10,12,15H,4-6,8-9H2,1-3H3. The summed E-state index contributed by atoms with van der Waals surface area (Å²) in [6.07, 6.45) is 5.21. The van der Waals surface area contributed by atoms with Crippen molar-refractivity contribution >= 4 is 11.3 Å². The molecule has 0 radical (unpaired) electrons. The molecule has 90 valence electrons. The summed E-state index contributed by atoms with van der Waals surface area (Å²) >= 11 is 1.93. The Labute approximate surface area is 103 Å². The second-order valence-corrected chi connectivity index (χ2v) is 7.01. The molecule has 1 atom stereocenters. The van der Waals surface area contributed by atoms with Gasteiger partial charge >= 0.3 is 0 Å². The molecule has 1 aromatic heterocycles. The molecular weight excluding hydrogens is 214 g/mol. The van der Waals surface area contributed by atoms with Gasteiger partial charge in [-0.15, -0.1) is 11.3 Å². The maximum atomic E-state index is 3.73. The first-order chi connectivity index (χ1) is 7.56. The van der Waals surface area contributed by atoms with Crippen molar-refractivity contribution in [2.75, 3.05) is 6.54 Å². The molecule has 2 heteroatoms. The lowest BCUT2D eigenvalue weighted by Crippen LogP contribution is -2.27. The van der Waals surface area contributed by atoms with Crippen molar-refractivity contribution in [3.63, 3.8) is 0 Å². The highest BCUT2D eigenvalue weighted by molar-refractivity contribution is 7.10. The van der Waals surface area contributed by atoms with Crippen LogP contribution in [-0.2, 0) is 6.42 Å². The van der Waals surface area contributed by atoms with Crippen LogP contribution in [0.5, 0.6) is 0 Å². The first-order valence-corrected chi connectivity index (χ1v) is 7.24. The number of aryl methyl sites for hydroxylation is 1. The number of thiophene rings is 1. The molecule has 1 aromatic rings. The summed E-state index contributed by atoms with van der Waals surface area (Å²) in [6, 6.07) is 2.94. The molecular formula is C14H23NS. The fraction of sp³-hybridized carbons (Fsp3) is 0.714. The largest absolute Gasteiger partial charge is 0.310 e. The minimum Gasteiger partial charge on any atom is -0.310 e. The number of nitrogens with one attached hydrogen (secondary N) is 1. The number of fused-ring (bicyclic) bond motifs is 1. The van der Waals surface area contributed by atoms with E-state index < -0.39 is 0 Å². The monoisotopic (exact) mass is 237 g/mol. The number of hydrogen-bond donors (Lipinski definition) is 1. The zero-order valence-corrected chi connectivity index (χ0v) is 11.5. The van der Waals surface area contributed by atoms with E-state index in [2.05, 4.69) is 37.5 Å². The molecule has 0 aromatic carbocycles. The van der Waals surface area contributed by atoms with E-state index in [9.17, 15) is 0 Å². The lowest BCUT2D eigenvalue weighted by Gasteiger charge is -2.26. The van der Waals surface area contributed by atoms with Crippen molar-refractivity contribution in [2.24, 2.45) is 5.41 Å². The third kappa shape index (κ3) is 3.08. The predicted octanol–water partition coefficient (Wildman–Crippen LogP) is 4.15. The Morgan fingerprint density at radius 3 is 3.00 bits per heavy atom. The predicted molar refractivity (Wildman–Crippen MR) is 72.1 cm³/mol. The van der Waals surface area contributed by atoms with Gasteiger partial charge in [-0.1, -0.05) is 20.8 Å². The number of rotatable bonds is 3. The summed E-state index contributed by atoms with van der Waals surface area (Å²) in [4.78, 5) is 1.61. The van der Waals surface area contributed by atoms with Crippen molar-refractivity contribution in [3.8, 4) is 0 Å². The second kappa shape index (κ2) is 4.89. The Morgan fingerprint density at radius 1 is 1.44 bits per heavy atom. The van der Waals surface area contributed by atoms with E-state index in [0.29, 0.717) is 11.5 Å². The molecule has 0 spiro atoms. The SMILES string of the molecule is CC(C)(C)CCNC1CCCc2sccc21. The summed E-state index contributed by atoms with van der Waals surface area (Å²) in [5.74, 6) is 0. The molecule has 0 fully saturated rings. The quantitative estimate of drug-likeness (QED) is 0.832. The van der Waals surface area contributed by atoms with Crippen molar-refractivity contribution < 1.29 is 0 Å². The molecule has 1 nitrogen and oxygen atoms in total. The molecule has 0 aliphatic heterocycles. The molecule has 1 unspecified atom stereocenters. The summed E-state index contributed by atoms with van der Waals surface area (Å²) in [5.41, 5.74) is 2.02. The molecule has 1 aliphatic rings. The van der Waals surface area contributed by atoms with Crippen LogP contribution in [0.1, 0.15) is 56.5 Å². The fourth-order valence-corrected chi connectivity index (χ4v) is 3.31. The van der Waals surface area contributed by atoms with Crippen LogP contribution in [-0.4, -0.2) is 6.54 Å². The summed E-state index contributed by atoms with van der Waals surface area (Å²) < 4.78 is 0. The Kier molecular flexibility index (Phi) is 3.70. The van der Waals surface area contributed by atoms with Crippen LogP contribution in [0, 0.1) is 5.41 Å². The van der Waals surface area contributed by atoms with Gasteiger partial charge in [-0.05, 0) is 54.7 Å². The van der Waals surface area contributed by atoms with Gasteiger partial charge < -0.3 is 5.32 Å². The minimum atomic E-state index is 0.444. The van der Waals surface area contributed by atoms with Gasteiger partial charge in [-0.3, -0.25) is 0 Å².